The first-order valence-corrected chi connectivity index (χ1v) is 7.02. The van der Waals surface area contributed by atoms with Crippen LogP contribution in [-0.2, 0) is 0 Å². The average molecular weight is 302 g/mol. The van der Waals surface area contributed by atoms with Crippen LogP contribution in [-0.4, -0.2) is 16.7 Å². The molecule has 1 heterocycles. The predicted molar refractivity (Wildman–Crippen MR) is 83.6 cm³/mol. The molecule has 0 saturated carbocycles. The quantitative estimate of drug-likeness (QED) is 0.709. The van der Waals surface area contributed by atoms with Crippen molar-refractivity contribution < 1.29 is 4.39 Å². The third-order valence-electron chi connectivity index (χ3n) is 3.31. The number of hydrogen-bond acceptors (Lipinski definition) is 3. The molecule has 2 aromatic carbocycles. The molecule has 0 aliphatic heterocycles. The normalized spacial score (nSPS) is 10.8. The summed E-state index contributed by atoms with van der Waals surface area (Å²) in [6, 6.07) is 14.1. The number of nitrogens with zero attached hydrogens (tertiary/aromatic N) is 3. The van der Waals surface area contributed by atoms with Crippen LogP contribution in [0, 0.1) is 5.82 Å². The van der Waals surface area contributed by atoms with Gasteiger partial charge in [-0.25, -0.2) is 4.39 Å². The average Bonchev–Trinajstić information content (AvgIpc) is 2.51. The monoisotopic (exact) mass is 301 g/mol. The maximum absolute atomic E-state index is 13.5. The zero-order chi connectivity index (χ0) is 14.8. The molecule has 0 fully saturated rings. The lowest BCUT2D eigenvalue weighted by molar-refractivity contribution is 0.627. The predicted octanol–water partition coefficient (Wildman–Crippen LogP) is 4.58. The van der Waals surface area contributed by atoms with Crippen molar-refractivity contribution in [3.8, 4) is 0 Å². The molecule has 0 N–H and O–H groups in total. The highest BCUT2D eigenvalue weighted by Crippen LogP contribution is 2.32. The Labute approximate surface area is 127 Å². The van der Waals surface area contributed by atoms with E-state index in [0.29, 0.717) is 17.5 Å². The molecule has 21 heavy (non-hydrogen) atoms. The molecule has 0 aliphatic carbocycles. The standard InChI is InChI=1S/C16H13ClFN3/c1-2-21(12-7-5-6-11(18)10-12)16-14-9-4-3-8-13(14)15(17)19-20-16/h3-10H,2H2,1H3. The minimum Gasteiger partial charge on any atom is -0.325 e. The lowest BCUT2D eigenvalue weighted by Crippen LogP contribution is -2.18. The number of rotatable bonds is 3. The van der Waals surface area contributed by atoms with Crippen LogP contribution in [0.25, 0.3) is 10.8 Å². The maximum Gasteiger partial charge on any atom is 0.163 e. The summed E-state index contributed by atoms with van der Waals surface area (Å²) in [6.45, 7) is 2.62. The molecule has 0 radical (unpaired) electrons. The highest BCUT2D eigenvalue weighted by Gasteiger charge is 2.15. The zero-order valence-electron chi connectivity index (χ0n) is 11.4. The number of fused-ring (bicyclic) bond motifs is 1. The van der Waals surface area contributed by atoms with E-state index >= 15 is 0 Å². The Hall–Kier alpha value is -2.20. The maximum atomic E-state index is 13.5. The third kappa shape index (κ3) is 2.54. The molecule has 0 spiro atoms. The van der Waals surface area contributed by atoms with Gasteiger partial charge in [0, 0.05) is 23.0 Å². The first-order chi connectivity index (χ1) is 10.2. The Balaban J connectivity index is 2.20. The number of anilines is 2. The summed E-state index contributed by atoms with van der Waals surface area (Å²) in [5.41, 5.74) is 0.735. The van der Waals surface area contributed by atoms with Crippen molar-refractivity contribution in [3.05, 3.63) is 59.5 Å². The Morgan fingerprint density at radius 1 is 1.05 bits per heavy atom. The Morgan fingerprint density at radius 3 is 2.52 bits per heavy atom. The van der Waals surface area contributed by atoms with Crippen molar-refractivity contribution in [3.63, 3.8) is 0 Å². The summed E-state index contributed by atoms with van der Waals surface area (Å²) < 4.78 is 13.5. The fraction of sp³-hybridized carbons (Fsp3) is 0.125. The third-order valence-corrected chi connectivity index (χ3v) is 3.59. The van der Waals surface area contributed by atoms with Crippen LogP contribution in [0.2, 0.25) is 5.15 Å². The largest absolute Gasteiger partial charge is 0.325 e. The van der Waals surface area contributed by atoms with Gasteiger partial charge in [0.25, 0.3) is 0 Å². The van der Waals surface area contributed by atoms with Crippen molar-refractivity contribution in [2.75, 3.05) is 11.4 Å². The molecule has 0 aliphatic rings. The molecule has 3 nitrogen and oxygen atoms in total. The number of hydrogen-bond donors (Lipinski definition) is 0. The van der Waals surface area contributed by atoms with Gasteiger partial charge in [-0.1, -0.05) is 41.9 Å². The van der Waals surface area contributed by atoms with E-state index in [9.17, 15) is 4.39 Å². The Bertz CT molecular complexity index is 791. The summed E-state index contributed by atoms with van der Waals surface area (Å²) in [6.07, 6.45) is 0. The summed E-state index contributed by atoms with van der Waals surface area (Å²) in [5, 5.41) is 10.3. The van der Waals surface area contributed by atoms with E-state index in [4.69, 9.17) is 11.6 Å². The van der Waals surface area contributed by atoms with Crippen LogP contribution >= 0.6 is 11.6 Å². The second-order valence-electron chi connectivity index (χ2n) is 4.58. The first-order valence-electron chi connectivity index (χ1n) is 6.64. The molecule has 3 rings (SSSR count). The van der Waals surface area contributed by atoms with Gasteiger partial charge in [-0.15, -0.1) is 10.2 Å². The van der Waals surface area contributed by atoms with Gasteiger partial charge in [-0.3, -0.25) is 0 Å². The number of halogens is 2. The van der Waals surface area contributed by atoms with Gasteiger partial charge < -0.3 is 4.90 Å². The van der Waals surface area contributed by atoms with E-state index in [1.54, 1.807) is 6.07 Å². The van der Waals surface area contributed by atoms with Crippen molar-refractivity contribution in [2.24, 2.45) is 0 Å². The Kier molecular flexibility index (Phi) is 3.71. The second-order valence-corrected chi connectivity index (χ2v) is 4.94. The van der Waals surface area contributed by atoms with Gasteiger partial charge in [-0.2, -0.15) is 0 Å². The van der Waals surface area contributed by atoms with Crippen molar-refractivity contribution in [2.45, 2.75) is 6.92 Å². The SMILES string of the molecule is CCN(c1cccc(F)c1)c1nnc(Cl)c2ccccc12. The number of benzene rings is 2. The molecule has 1 aromatic heterocycles. The molecule has 0 bridgehead atoms. The summed E-state index contributed by atoms with van der Waals surface area (Å²) in [7, 11) is 0. The van der Waals surface area contributed by atoms with E-state index in [1.807, 2.05) is 42.2 Å². The van der Waals surface area contributed by atoms with Gasteiger partial charge in [0.2, 0.25) is 0 Å². The zero-order valence-corrected chi connectivity index (χ0v) is 12.2. The van der Waals surface area contributed by atoms with Gasteiger partial charge in [-0.05, 0) is 25.1 Å². The van der Waals surface area contributed by atoms with Crippen molar-refractivity contribution >= 4 is 33.9 Å². The molecule has 106 valence electrons. The molecular weight excluding hydrogens is 289 g/mol. The Morgan fingerprint density at radius 2 is 1.81 bits per heavy atom. The van der Waals surface area contributed by atoms with Crippen LogP contribution in [0.1, 0.15) is 6.92 Å². The van der Waals surface area contributed by atoms with Gasteiger partial charge >= 0.3 is 0 Å². The van der Waals surface area contributed by atoms with Gasteiger partial charge in [0.15, 0.2) is 11.0 Å². The molecule has 5 heteroatoms. The van der Waals surface area contributed by atoms with E-state index in [1.165, 1.54) is 12.1 Å². The van der Waals surface area contributed by atoms with E-state index in [2.05, 4.69) is 10.2 Å². The van der Waals surface area contributed by atoms with Crippen LogP contribution in [0.5, 0.6) is 0 Å². The van der Waals surface area contributed by atoms with E-state index in [0.717, 1.165) is 16.5 Å². The fourth-order valence-electron chi connectivity index (χ4n) is 2.36. The minimum absolute atomic E-state index is 0.280. The van der Waals surface area contributed by atoms with Crippen LogP contribution < -0.4 is 4.90 Å². The summed E-state index contributed by atoms with van der Waals surface area (Å²) >= 11 is 6.10. The fourth-order valence-corrected chi connectivity index (χ4v) is 2.56. The molecule has 0 amide bonds. The van der Waals surface area contributed by atoms with E-state index in [-0.39, 0.29) is 5.82 Å². The molecule has 0 unspecified atom stereocenters. The number of aromatic nitrogens is 2. The summed E-state index contributed by atoms with van der Waals surface area (Å²) in [4.78, 5) is 1.91. The highest BCUT2D eigenvalue weighted by molar-refractivity contribution is 6.34. The lowest BCUT2D eigenvalue weighted by atomic mass is 10.1. The molecular formula is C16H13ClFN3. The summed E-state index contributed by atoms with van der Waals surface area (Å²) in [5.74, 6) is 0.389. The lowest BCUT2D eigenvalue weighted by Gasteiger charge is -2.23. The first kappa shape index (κ1) is 13.8. The molecule has 0 atom stereocenters. The van der Waals surface area contributed by atoms with Crippen LogP contribution in [0.4, 0.5) is 15.9 Å². The minimum atomic E-state index is -0.280. The van der Waals surface area contributed by atoms with Gasteiger partial charge in [0.1, 0.15) is 5.82 Å². The second kappa shape index (κ2) is 5.66. The molecule has 0 saturated heterocycles. The van der Waals surface area contributed by atoms with Crippen molar-refractivity contribution in [1.82, 2.24) is 10.2 Å². The molecule has 3 aromatic rings. The topological polar surface area (TPSA) is 29.0 Å². The van der Waals surface area contributed by atoms with Crippen molar-refractivity contribution in [1.29, 1.82) is 0 Å². The van der Waals surface area contributed by atoms with E-state index < -0.39 is 0 Å². The smallest absolute Gasteiger partial charge is 0.163 e. The van der Waals surface area contributed by atoms with Crippen LogP contribution in [0.3, 0.4) is 0 Å². The van der Waals surface area contributed by atoms with Gasteiger partial charge in [0.05, 0.1) is 0 Å². The highest BCUT2D eigenvalue weighted by atomic mass is 35.5. The van der Waals surface area contributed by atoms with Crippen LogP contribution in [0.15, 0.2) is 48.5 Å².